The fourth-order valence-corrected chi connectivity index (χ4v) is 1.50. The molecule has 0 amide bonds. The summed E-state index contributed by atoms with van der Waals surface area (Å²) in [6.07, 6.45) is -4.44. The summed E-state index contributed by atoms with van der Waals surface area (Å²) >= 11 is 0. The monoisotopic (exact) mass is 236 g/mol. The van der Waals surface area contributed by atoms with Gasteiger partial charge in [-0.05, 0) is 0 Å². The first-order valence-electron chi connectivity index (χ1n) is 4.88. The number of hydrogen-bond donors (Lipinski definition) is 0. The fraction of sp³-hybridized carbons (Fsp3) is 0.667. The Morgan fingerprint density at radius 2 is 2.00 bits per heavy atom. The second-order valence-corrected chi connectivity index (χ2v) is 3.56. The van der Waals surface area contributed by atoms with Crippen LogP contribution in [0.2, 0.25) is 0 Å². The largest absolute Gasteiger partial charge is 0.436 e. The van der Waals surface area contributed by atoms with Crippen LogP contribution in [-0.2, 0) is 17.5 Å². The van der Waals surface area contributed by atoms with E-state index in [9.17, 15) is 13.2 Å². The third kappa shape index (κ3) is 2.73. The van der Waals surface area contributed by atoms with Crippen molar-refractivity contribution in [3.8, 4) is 0 Å². The van der Waals surface area contributed by atoms with Gasteiger partial charge in [0.25, 0.3) is 0 Å². The molecule has 0 atom stereocenters. The smallest absolute Gasteiger partial charge is 0.379 e. The van der Waals surface area contributed by atoms with Gasteiger partial charge in [-0.25, -0.2) is 0 Å². The topological polar surface area (TPSA) is 38.5 Å². The number of hydrogen-bond acceptors (Lipinski definition) is 4. The number of rotatable bonds is 2. The Labute approximate surface area is 90.0 Å². The van der Waals surface area contributed by atoms with Crippen LogP contribution in [0.4, 0.5) is 13.2 Å². The third-order valence-electron chi connectivity index (χ3n) is 2.33. The quantitative estimate of drug-likeness (QED) is 0.780. The minimum Gasteiger partial charge on any atom is -0.379 e. The van der Waals surface area contributed by atoms with Gasteiger partial charge in [-0.1, -0.05) is 5.16 Å². The molecule has 4 nitrogen and oxygen atoms in total. The van der Waals surface area contributed by atoms with E-state index < -0.39 is 11.9 Å². The summed E-state index contributed by atoms with van der Waals surface area (Å²) in [4.78, 5) is 1.96. The van der Waals surface area contributed by atoms with Crippen LogP contribution in [-0.4, -0.2) is 36.4 Å². The van der Waals surface area contributed by atoms with Crippen molar-refractivity contribution < 1.29 is 22.4 Å². The normalized spacial score (nSPS) is 18.9. The van der Waals surface area contributed by atoms with Crippen LogP contribution < -0.4 is 0 Å². The molecule has 0 bridgehead atoms. The van der Waals surface area contributed by atoms with Gasteiger partial charge in [0.15, 0.2) is 11.5 Å². The number of ether oxygens (including phenoxy) is 1. The molecule has 0 spiro atoms. The zero-order valence-electron chi connectivity index (χ0n) is 8.46. The molecule has 0 aromatic carbocycles. The van der Waals surface area contributed by atoms with Crippen molar-refractivity contribution in [2.45, 2.75) is 12.7 Å². The Bertz CT molecular complexity index is 345. The van der Waals surface area contributed by atoms with E-state index in [1.807, 2.05) is 4.90 Å². The first-order chi connectivity index (χ1) is 7.55. The van der Waals surface area contributed by atoms with Gasteiger partial charge in [-0.3, -0.25) is 4.90 Å². The average Bonchev–Trinajstić information content (AvgIpc) is 2.67. The van der Waals surface area contributed by atoms with Gasteiger partial charge >= 0.3 is 6.18 Å². The van der Waals surface area contributed by atoms with Crippen LogP contribution in [0, 0.1) is 0 Å². The standard InChI is InChI=1S/C9H11F3N2O2/c10-9(11,12)8-5-7(16-13-8)6-14-1-3-15-4-2-14/h5H,1-4,6H2. The predicted octanol–water partition coefficient (Wildman–Crippen LogP) is 1.53. The molecule has 1 aliphatic rings. The molecule has 1 aromatic heterocycles. The summed E-state index contributed by atoms with van der Waals surface area (Å²) in [7, 11) is 0. The van der Waals surface area contributed by atoms with Gasteiger partial charge in [0, 0.05) is 19.2 Å². The molecule has 0 aliphatic carbocycles. The second kappa shape index (κ2) is 4.42. The summed E-state index contributed by atoms with van der Waals surface area (Å²) in [5.41, 5.74) is -0.976. The second-order valence-electron chi connectivity index (χ2n) is 3.56. The molecule has 0 saturated carbocycles. The summed E-state index contributed by atoms with van der Waals surface area (Å²) in [5, 5.41) is 3.00. The Kier molecular flexibility index (Phi) is 3.15. The van der Waals surface area contributed by atoms with Crippen molar-refractivity contribution in [1.29, 1.82) is 0 Å². The van der Waals surface area contributed by atoms with Crippen molar-refractivity contribution in [3.05, 3.63) is 17.5 Å². The van der Waals surface area contributed by atoms with Gasteiger partial charge in [0.05, 0.1) is 19.8 Å². The SMILES string of the molecule is FC(F)(F)c1cc(CN2CCOCC2)on1. The highest BCUT2D eigenvalue weighted by molar-refractivity contribution is 5.08. The van der Waals surface area contributed by atoms with E-state index in [0.717, 1.165) is 6.07 Å². The zero-order chi connectivity index (χ0) is 11.6. The van der Waals surface area contributed by atoms with Gasteiger partial charge in [-0.2, -0.15) is 13.2 Å². The number of halogens is 3. The van der Waals surface area contributed by atoms with Crippen LogP contribution in [0.1, 0.15) is 11.5 Å². The Hall–Kier alpha value is -1.08. The van der Waals surface area contributed by atoms with Crippen molar-refractivity contribution in [1.82, 2.24) is 10.1 Å². The van der Waals surface area contributed by atoms with Gasteiger partial charge < -0.3 is 9.26 Å². The highest BCUT2D eigenvalue weighted by Crippen LogP contribution is 2.28. The highest BCUT2D eigenvalue weighted by atomic mass is 19.4. The van der Waals surface area contributed by atoms with E-state index >= 15 is 0 Å². The van der Waals surface area contributed by atoms with Gasteiger partial charge in [0.2, 0.25) is 0 Å². The number of aromatic nitrogens is 1. The summed E-state index contributed by atoms with van der Waals surface area (Å²) in [5.74, 6) is 0.231. The van der Waals surface area contributed by atoms with E-state index in [-0.39, 0.29) is 5.76 Å². The number of nitrogens with zero attached hydrogens (tertiary/aromatic N) is 2. The van der Waals surface area contributed by atoms with E-state index in [4.69, 9.17) is 4.74 Å². The molecule has 1 aliphatic heterocycles. The van der Waals surface area contributed by atoms with Crippen LogP contribution in [0.15, 0.2) is 10.6 Å². The Balaban J connectivity index is 1.97. The summed E-state index contributed by atoms with van der Waals surface area (Å²) in [6, 6.07) is 0.940. The van der Waals surface area contributed by atoms with Crippen LogP contribution in [0.25, 0.3) is 0 Å². The van der Waals surface area contributed by atoms with E-state index in [1.165, 1.54) is 0 Å². The maximum absolute atomic E-state index is 12.2. The maximum atomic E-state index is 12.2. The molecule has 0 N–H and O–H groups in total. The van der Waals surface area contributed by atoms with Crippen LogP contribution >= 0.6 is 0 Å². The van der Waals surface area contributed by atoms with Gasteiger partial charge in [0.1, 0.15) is 0 Å². The summed E-state index contributed by atoms with van der Waals surface area (Å²) < 4.78 is 46.4. The lowest BCUT2D eigenvalue weighted by molar-refractivity contribution is -0.142. The maximum Gasteiger partial charge on any atom is 0.436 e. The fourth-order valence-electron chi connectivity index (χ4n) is 1.50. The lowest BCUT2D eigenvalue weighted by Crippen LogP contribution is -2.35. The highest BCUT2D eigenvalue weighted by Gasteiger charge is 2.35. The average molecular weight is 236 g/mol. The van der Waals surface area contributed by atoms with Crippen LogP contribution in [0.5, 0.6) is 0 Å². The third-order valence-corrected chi connectivity index (χ3v) is 2.33. The first kappa shape index (κ1) is 11.4. The molecular weight excluding hydrogens is 225 g/mol. The molecule has 1 saturated heterocycles. The van der Waals surface area contributed by atoms with Crippen molar-refractivity contribution in [3.63, 3.8) is 0 Å². The lowest BCUT2D eigenvalue weighted by Gasteiger charge is -2.25. The van der Waals surface area contributed by atoms with Crippen molar-refractivity contribution in [2.24, 2.45) is 0 Å². The first-order valence-corrected chi connectivity index (χ1v) is 4.88. The summed E-state index contributed by atoms with van der Waals surface area (Å²) in [6.45, 7) is 2.93. The number of alkyl halides is 3. The van der Waals surface area contributed by atoms with Gasteiger partial charge in [-0.15, -0.1) is 0 Å². The van der Waals surface area contributed by atoms with E-state index in [1.54, 1.807) is 0 Å². The molecule has 0 unspecified atom stereocenters. The Morgan fingerprint density at radius 3 is 2.56 bits per heavy atom. The molecule has 0 radical (unpaired) electrons. The molecule has 1 aromatic rings. The Morgan fingerprint density at radius 1 is 1.31 bits per heavy atom. The molecular formula is C9H11F3N2O2. The molecule has 16 heavy (non-hydrogen) atoms. The van der Waals surface area contributed by atoms with Crippen LogP contribution in [0.3, 0.4) is 0 Å². The minimum absolute atomic E-state index is 0.231. The molecule has 90 valence electrons. The molecule has 7 heteroatoms. The minimum atomic E-state index is -4.44. The molecule has 2 rings (SSSR count). The molecule has 1 fully saturated rings. The van der Waals surface area contributed by atoms with E-state index in [0.29, 0.717) is 32.8 Å². The van der Waals surface area contributed by atoms with Crippen molar-refractivity contribution >= 4 is 0 Å². The number of morpholine rings is 1. The van der Waals surface area contributed by atoms with Crippen molar-refractivity contribution in [2.75, 3.05) is 26.3 Å². The zero-order valence-corrected chi connectivity index (χ0v) is 8.46. The lowest BCUT2D eigenvalue weighted by atomic mass is 10.3. The van der Waals surface area contributed by atoms with E-state index in [2.05, 4.69) is 9.68 Å². The molecule has 2 heterocycles. The predicted molar refractivity (Wildman–Crippen MR) is 47.6 cm³/mol.